The predicted octanol–water partition coefficient (Wildman–Crippen LogP) is 4.19. The molecule has 1 aliphatic carbocycles. The van der Waals surface area contributed by atoms with Gasteiger partial charge in [-0.15, -0.1) is 11.3 Å². The molecule has 1 saturated carbocycles. The van der Waals surface area contributed by atoms with Gasteiger partial charge in [-0.25, -0.2) is 4.98 Å². The molecule has 0 amide bonds. The molecule has 2 saturated heterocycles. The molecule has 0 radical (unpaired) electrons. The van der Waals surface area contributed by atoms with Crippen LogP contribution in [0.25, 0.3) is 10.6 Å². The molecule has 5 rings (SSSR count). The minimum Gasteiger partial charge on any atom is -0.370 e. The first-order chi connectivity index (χ1) is 12.4. The highest BCUT2D eigenvalue weighted by atomic mass is 35.5. The number of ketones is 2. The molecule has 2 aromatic rings. The van der Waals surface area contributed by atoms with Crippen LogP contribution in [0.5, 0.6) is 0 Å². The highest BCUT2D eigenvalue weighted by Gasteiger charge is 2.68. The summed E-state index contributed by atoms with van der Waals surface area (Å²) in [7, 11) is 0. The van der Waals surface area contributed by atoms with Crippen LogP contribution in [0, 0.1) is 18.8 Å². The lowest BCUT2D eigenvalue weighted by molar-refractivity contribution is -0.129. The molecule has 0 N–H and O–H groups in total. The lowest BCUT2D eigenvalue weighted by Crippen LogP contribution is -2.37. The van der Waals surface area contributed by atoms with Crippen molar-refractivity contribution in [2.45, 2.75) is 44.3 Å². The third kappa shape index (κ3) is 2.14. The van der Waals surface area contributed by atoms with Gasteiger partial charge >= 0.3 is 0 Å². The van der Waals surface area contributed by atoms with Gasteiger partial charge in [-0.1, -0.05) is 23.7 Å². The second-order valence-electron chi connectivity index (χ2n) is 7.72. The number of aryl methyl sites for hydroxylation is 1. The molecular weight excluding hydrogens is 370 g/mol. The average Bonchev–Trinajstić information content (AvgIpc) is 3.30. The highest BCUT2D eigenvalue weighted by molar-refractivity contribution is 7.15. The smallest absolute Gasteiger partial charge is 0.156 e. The van der Waals surface area contributed by atoms with Gasteiger partial charge in [-0.3, -0.25) is 9.59 Å². The van der Waals surface area contributed by atoms with Crippen molar-refractivity contribution in [3.05, 3.63) is 39.9 Å². The van der Waals surface area contributed by atoms with E-state index in [2.05, 4.69) is 0 Å². The summed E-state index contributed by atoms with van der Waals surface area (Å²) in [6.07, 6.45) is 1.63. The first-order valence-electron chi connectivity index (χ1n) is 8.87. The van der Waals surface area contributed by atoms with Crippen molar-refractivity contribution in [3.8, 4) is 10.6 Å². The van der Waals surface area contributed by atoms with Crippen LogP contribution in [0.2, 0.25) is 5.02 Å². The number of thiazole rings is 1. The summed E-state index contributed by atoms with van der Waals surface area (Å²) < 4.78 is 6.00. The van der Waals surface area contributed by atoms with E-state index in [9.17, 15) is 9.59 Å². The maximum atomic E-state index is 13.2. The van der Waals surface area contributed by atoms with E-state index in [0.29, 0.717) is 10.7 Å². The summed E-state index contributed by atoms with van der Waals surface area (Å²) in [6, 6.07) is 7.46. The molecule has 1 aromatic heterocycles. The quantitative estimate of drug-likeness (QED) is 0.725. The first kappa shape index (κ1) is 16.6. The van der Waals surface area contributed by atoms with Gasteiger partial charge in [0.1, 0.15) is 10.9 Å². The molecule has 3 heterocycles. The number of hydrogen-bond acceptors (Lipinski definition) is 5. The van der Waals surface area contributed by atoms with Crippen LogP contribution >= 0.6 is 22.9 Å². The zero-order valence-corrected chi connectivity index (χ0v) is 16.1. The summed E-state index contributed by atoms with van der Waals surface area (Å²) in [5, 5.41) is 1.48. The molecule has 3 aliphatic rings. The molecule has 4 nitrogen and oxygen atoms in total. The van der Waals surface area contributed by atoms with Crippen LogP contribution in [0.15, 0.2) is 24.3 Å². The van der Waals surface area contributed by atoms with Crippen molar-refractivity contribution in [3.63, 3.8) is 0 Å². The van der Waals surface area contributed by atoms with Crippen molar-refractivity contribution in [1.82, 2.24) is 4.98 Å². The van der Waals surface area contributed by atoms with E-state index in [1.54, 1.807) is 0 Å². The monoisotopic (exact) mass is 387 g/mol. The van der Waals surface area contributed by atoms with Crippen LogP contribution in [0.1, 0.15) is 36.3 Å². The first-order valence-corrected chi connectivity index (χ1v) is 10.1. The van der Waals surface area contributed by atoms with Gasteiger partial charge in [-0.2, -0.15) is 0 Å². The molecule has 3 unspecified atom stereocenters. The summed E-state index contributed by atoms with van der Waals surface area (Å²) >= 11 is 7.48. The SMILES string of the molecule is Cc1sc(-c2ccc(Cl)cc2)nc1C1C(=O)[C@H]2C3CCC(C)(O3)[C@H]2C1=O. The van der Waals surface area contributed by atoms with Gasteiger partial charge in [0.05, 0.1) is 29.2 Å². The minimum atomic E-state index is -0.730. The molecule has 26 heavy (non-hydrogen) atoms. The van der Waals surface area contributed by atoms with Crippen LogP contribution in [-0.4, -0.2) is 28.3 Å². The Kier molecular flexibility index (Phi) is 3.49. The van der Waals surface area contributed by atoms with E-state index in [1.165, 1.54) is 11.3 Å². The summed E-state index contributed by atoms with van der Waals surface area (Å²) in [4.78, 5) is 31.9. The van der Waals surface area contributed by atoms with Gasteiger partial charge in [0.2, 0.25) is 0 Å². The molecule has 6 heteroatoms. The topological polar surface area (TPSA) is 56.3 Å². The second kappa shape index (κ2) is 5.47. The van der Waals surface area contributed by atoms with Crippen LogP contribution in [-0.2, 0) is 14.3 Å². The largest absolute Gasteiger partial charge is 0.370 e. The number of rotatable bonds is 2. The number of carbonyl (C=O) groups is 2. The summed E-state index contributed by atoms with van der Waals surface area (Å²) in [5.74, 6) is -1.32. The van der Waals surface area contributed by atoms with Crippen molar-refractivity contribution in [2.24, 2.45) is 11.8 Å². The van der Waals surface area contributed by atoms with E-state index in [4.69, 9.17) is 21.3 Å². The third-order valence-corrected chi connectivity index (χ3v) is 7.45. The third-order valence-electron chi connectivity index (χ3n) is 6.16. The average molecular weight is 388 g/mol. The number of halogens is 1. The number of benzene rings is 1. The fraction of sp³-hybridized carbons (Fsp3) is 0.450. The van der Waals surface area contributed by atoms with E-state index < -0.39 is 11.5 Å². The Labute approximate surface area is 160 Å². The zero-order valence-electron chi connectivity index (χ0n) is 14.5. The van der Waals surface area contributed by atoms with E-state index in [-0.39, 0.29) is 29.5 Å². The maximum absolute atomic E-state index is 13.2. The lowest BCUT2D eigenvalue weighted by Gasteiger charge is -2.26. The predicted molar refractivity (Wildman–Crippen MR) is 99.5 cm³/mol. The number of nitrogens with zero attached hydrogens (tertiary/aromatic N) is 1. The Hall–Kier alpha value is -1.56. The van der Waals surface area contributed by atoms with E-state index in [0.717, 1.165) is 28.3 Å². The Bertz CT molecular complexity index is 937. The molecule has 3 fully saturated rings. The number of ether oxygens (including phenoxy) is 1. The number of aromatic nitrogens is 1. The molecule has 1 aromatic carbocycles. The summed E-state index contributed by atoms with van der Waals surface area (Å²) in [6.45, 7) is 3.92. The van der Waals surface area contributed by atoms with Crippen LogP contribution in [0.3, 0.4) is 0 Å². The van der Waals surface area contributed by atoms with Crippen LogP contribution < -0.4 is 0 Å². The van der Waals surface area contributed by atoms with Crippen molar-refractivity contribution < 1.29 is 14.3 Å². The molecule has 5 atom stereocenters. The van der Waals surface area contributed by atoms with E-state index >= 15 is 0 Å². The summed E-state index contributed by atoms with van der Waals surface area (Å²) in [5.41, 5.74) is 1.11. The Balaban J connectivity index is 1.54. The number of carbonyl (C=O) groups excluding carboxylic acids is 2. The van der Waals surface area contributed by atoms with Crippen molar-refractivity contribution >= 4 is 34.5 Å². The van der Waals surface area contributed by atoms with Gasteiger partial charge in [0.15, 0.2) is 11.6 Å². The molecule has 0 spiro atoms. The van der Waals surface area contributed by atoms with Gasteiger partial charge in [0, 0.05) is 15.5 Å². The fourth-order valence-electron chi connectivity index (χ4n) is 4.97. The van der Waals surface area contributed by atoms with Crippen molar-refractivity contribution in [1.29, 1.82) is 0 Å². The standard InChI is InChI=1S/C20H18ClNO3S/c1-9-16(22-19(26-9)10-3-5-11(21)6-4-10)14-17(23)13-12-7-8-20(2,25-12)15(13)18(14)24/h3-6,12-15H,7-8H2,1-2H3/t12?,13-,14?,15+,20?/m0/s1. The lowest BCUT2D eigenvalue weighted by atomic mass is 9.74. The molecule has 2 aliphatic heterocycles. The zero-order chi connectivity index (χ0) is 18.2. The fourth-order valence-corrected chi connectivity index (χ4v) is 6.05. The van der Waals surface area contributed by atoms with E-state index in [1.807, 2.05) is 38.1 Å². The van der Waals surface area contributed by atoms with Gasteiger partial charge < -0.3 is 4.74 Å². The van der Waals surface area contributed by atoms with Gasteiger partial charge in [-0.05, 0) is 38.8 Å². The molecule has 2 bridgehead atoms. The maximum Gasteiger partial charge on any atom is 0.156 e. The normalized spacial score (nSPS) is 35.3. The highest BCUT2D eigenvalue weighted by Crippen LogP contribution is 2.58. The second-order valence-corrected chi connectivity index (χ2v) is 9.36. The number of Topliss-reactive ketones (excluding diaryl/α,β-unsaturated/α-hetero) is 2. The van der Waals surface area contributed by atoms with Gasteiger partial charge in [0.25, 0.3) is 0 Å². The molecule has 134 valence electrons. The Morgan fingerprint density at radius 2 is 1.96 bits per heavy atom. The minimum absolute atomic E-state index is 0.000700. The molecular formula is C20H18ClNO3S. The van der Waals surface area contributed by atoms with Crippen molar-refractivity contribution in [2.75, 3.05) is 0 Å². The Morgan fingerprint density at radius 1 is 1.23 bits per heavy atom. The number of fused-ring (bicyclic) bond motifs is 5. The van der Waals surface area contributed by atoms with Crippen LogP contribution in [0.4, 0.5) is 0 Å². The number of hydrogen-bond donors (Lipinski definition) is 0. The Morgan fingerprint density at radius 3 is 2.65 bits per heavy atom.